The molecule has 22 heavy (non-hydrogen) atoms. The number of hydrogen-bond acceptors (Lipinski definition) is 4. The van der Waals surface area contributed by atoms with Crippen molar-refractivity contribution in [3.8, 4) is 0 Å². The van der Waals surface area contributed by atoms with Crippen LogP contribution in [0.3, 0.4) is 0 Å². The van der Waals surface area contributed by atoms with E-state index >= 15 is 0 Å². The first-order valence-electron chi connectivity index (χ1n) is 7.31. The van der Waals surface area contributed by atoms with Crippen molar-refractivity contribution in [2.24, 2.45) is 0 Å². The van der Waals surface area contributed by atoms with Crippen LogP contribution in [0.2, 0.25) is 5.02 Å². The molecule has 0 bridgehead atoms. The van der Waals surface area contributed by atoms with Crippen LogP contribution in [0.5, 0.6) is 0 Å². The van der Waals surface area contributed by atoms with E-state index in [1.807, 2.05) is 27.7 Å². The summed E-state index contributed by atoms with van der Waals surface area (Å²) in [4.78, 5) is 21.3. The molecule has 0 radical (unpaired) electrons. The molecule has 7 heteroatoms. The summed E-state index contributed by atoms with van der Waals surface area (Å²) in [6.07, 6.45) is -0.673. The lowest BCUT2D eigenvalue weighted by Gasteiger charge is -2.32. The van der Waals surface area contributed by atoms with Crippen LogP contribution in [-0.4, -0.2) is 44.2 Å². The Bertz CT molecular complexity index is 661. The standard InChI is InChI=1S/C15H21ClN4O2/c1-9(2)19(10(3)4)15(21)11(5)22-20-14-8-12(16)6-7-13(14)17-18-20/h6-11H,1-5H3/t11-/m0/s1. The highest BCUT2D eigenvalue weighted by Crippen LogP contribution is 2.17. The van der Waals surface area contributed by atoms with Gasteiger partial charge in [-0.1, -0.05) is 16.4 Å². The molecule has 0 aliphatic heterocycles. The molecule has 6 nitrogen and oxygen atoms in total. The van der Waals surface area contributed by atoms with Crippen molar-refractivity contribution in [3.05, 3.63) is 23.2 Å². The van der Waals surface area contributed by atoms with E-state index in [1.54, 1.807) is 30.0 Å². The Labute approximate surface area is 134 Å². The lowest BCUT2D eigenvalue weighted by atomic mass is 10.2. The van der Waals surface area contributed by atoms with Gasteiger partial charge in [0, 0.05) is 17.1 Å². The first kappa shape index (κ1) is 16.5. The topological polar surface area (TPSA) is 60.2 Å². The lowest BCUT2D eigenvalue weighted by molar-refractivity contribution is -0.147. The van der Waals surface area contributed by atoms with E-state index in [4.69, 9.17) is 16.4 Å². The molecule has 0 N–H and O–H groups in total. The Hall–Kier alpha value is -1.82. The second-order valence-corrected chi connectivity index (χ2v) is 6.21. The maximum atomic E-state index is 12.6. The van der Waals surface area contributed by atoms with Gasteiger partial charge in [-0.25, -0.2) is 0 Å². The minimum atomic E-state index is -0.673. The predicted molar refractivity (Wildman–Crippen MR) is 85.7 cm³/mol. The average Bonchev–Trinajstić information content (AvgIpc) is 2.80. The normalized spacial score (nSPS) is 12.9. The fraction of sp³-hybridized carbons (Fsp3) is 0.533. The van der Waals surface area contributed by atoms with Crippen molar-refractivity contribution in [2.45, 2.75) is 52.8 Å². The second kappa shape index (κ2) is 6.52. The number of carbonyl (C=O) groups excluding carboxylic acids is 1. The Balaban J connectivity index is 2.21. The molecule has 1 aromatic carbocycles. The van der Waals surface area contributed by atoms with E-state index in [9.17, 15) is 4.79 Å². The Kier molecular flexibility index (Phi) is 4.90. The fourth-order valence-corrected chi connectivity index (χ4v) is 2.63. The number of amides is 1. The molecule has 120 valence electrons. The maximum absolute atomic E-state index is 12.6. The van der Waals surface area contributed by atoms with Gasteiger partial charge in [0.25, 0.3) is 5.91 Å². The molecule has 0 saturated carbocycles. The van der Waals surface area contributed by atoms with E-state index in [2.05, 4.69) is 10.3 Å². The molecule has 0 aliphatic rings. The molecule has 0 spiro atoms. The number of carbonyl (C=O) groups is 1. The molecule has 0 saturated heterocycles. The number of fused-ring (bicyclic) bond motifs is 1. The minimum absolute atomic E-state index is 0.0873. The Morgan fingerprint density at radius 3 is 2.45 bits per heavy atom. The number of rotatable bonds is 5. The third-order valence-electron chi connectivity index (χ3n) is 3.35. The van der Waals surface area contributed by atoms with Crippen molar-refractivity contribution < 1.29 is 9.63 Å². The van der Waals surface area contributed by atoms with Crippen LogP contribution >= 0.6 is 11.6 Å². The van der Waals surface area contributed by atoms with Crippen LogP contribution in [0.4, 0.5) is 0 Å². The van der Waals surface area contributed by atoms with Gasteiger partial charge in [0.1, 0.15) is 11.0 Å². The molecule has 1 aromatic heterocycles. The van der Waals surface area contributed by atoms with Crippen molar-refractivity contribution in [1.29, 1.82) is 0 Å². The maximum Gasteiger partial charge on any atom is 0.266 e. The highest BCUT2D eigenvalue weighted by atomic mass is 35.5. The summed E-state index contributed by atoms with van der Waals surface area (Å²) in [5.74, 6) is -0.0873. The monoisotopic (exact) mass is 324 g/mol. The molecule has 1 atom stereocenters. The van der Waals surface area contributed by atoms with E-state index in [0.717, 1.165) is 0 Å². The van der Waals surface area contributed by atoms with Crippen LogP contribution in [0, 0.1) is 0 Å². The molecule has 0 unspecified atom stereocenters. The fourth-order valence-electron chi connectivity index (χ4n) is 2.46. The third-order valence-corrected chi connectivity index (χ3v) is 3.59. The molecule has 1 amide bonds. The minimum Gasteiger partial charge on any atom is -0.382 e. The van der Waals surface area contributed by atoms with Crippen LogP contribution < -0.4 is 4.84 Å². The van der Waals surface area contributed by atoms with Crippen LogP contribution in [0.1, 0.15) is 34.6 Å². The van der Waals surface area contributed by atoms with Crippen LogP contribution in [0.25, 0.3) is 11.0 Å². The highest BCUT2D eigenvalue weighted by molar-refractivity contribution is 6.31. The van der Waals surface area contributed by atoms with Gasteiger partial charge in [-0.15, -0.1) is 5.10 Å². The summed E-state index contributed by atoms with van der Waals surface area (Å²) in [6, 6.07) is 5.39. The first-order chi connectivity index (χ1) is 10.3. The number of benzene rings is 1. The van der Waals surface area contributed by atoms with Gasteiger partial charge in [-0.3, -0.25) is 4.79 Å². The molecular weight excluding hydrogens is 304 g/mol. The van der Waals surface area contributed by atoms with Gasteiger partial charge in [0.2, 0.25) is 6.10 Å². The third kappa shape index (κ3) is 3.32. The van der Waals surface area contributed by atoms with Gasteiger partial charge in [0.05, 0.1) is 0 Å². The van der Waals surface area contributed by atoms with Crippen molar-refractivity contribution in [3.63, 3.8) is 0 Å². The average molecular weight is 325 g/mol. The van der Waals surface area contributed by atoms with E-state index in [-0.39, 0.29) is 18.0 Å². The number of hydrogen-bond donors (Lipinski definition) is 0. The van der Waals surface area contributed by atoms with Crippen molar-refractivity contribution in [1.82, 2.24) is 20.1 Å². The summed E-state index contributed by atoms with van der Waals surface area (Å²) in [5.41, 5.74) is 1.29. The van der Waals surface area contributed by atoms with E-state index < -0.39 is 6.10 Å². The molecule has 0 fully saturated rings. The summed E-state index contributed by atoms with van der Waals surface area (Å²) >= 11 is 5.98. The SMILES string of the molecule is CC(C)N(C(=O)[C@H](C)On1nnc2ccc(Cl)cc21)C(C)C. The molecule has 1 heterocycles. The smallest absolute Gasteiger partial charge is 0.266 e. The zero-order chi connectivity index (χ0) is 16.4. The van der Waals surface area contributed by atoms with Crippen LogP contribution in [0.15, 0.2) is 18.2 Å². The van der Waals surface area contributed by atoms with Gasteiger partial charge < -0.3 is 9.74 Å². The zero-order valence-electron chi connectivity index (χ0n) is 13.4. The summed E-state index contributed by atoms with van der Waals surface area (Å²) in [7, 11) is 0. The number of aromatic nitrogens is 3. The lowest BCUT2D eigenvalue weighted by Crippen LogP contribution is -2.49. The molecule has 2 aromatic rings. The largest absolute Gasteiger partial charge is 0.382 e. The predicted octanol–water partition coefficient (Wildman–Crippen LogP) is 2.55. The van der Waals surface area contributed by atoms with Crippen molar-refractivity contribution in [2.75, 3.05) is 0 Å². The Morgan fingerprint density at radius 2 is 1.86 bits per heavy atom. The van der Waals surface area contributed by atoms with Crippen molar-refractivity contribution >= 4 is 28.5 Å². The van der Waals surface area contributed by atoms with E-state index in [1.165, 1.54) is 4.85 Å². The quantitative estimate of drug-likeness (QED) is 0.848. The second-order valence-electron chi connectivity index (χ2n) is 5.78. The number of nitrogens with zero attached hydrogens (tertiary/aromatic N) is 4. The van der Waals surface area contributed by atoms with Crippen LogP contribution in [-0.2, 0) is 4.79 Å². The first-order valence-corrected chi connectivity index (χ1v) is 7.69. The number of halogens is 1. The van der Waals surface area contributed by atoms with Gasteiger partial charge in [0.15, 0.2) is 0 Å². The summed E-state index contributed by atoms with van der Waals surface area (Å²) in [5, 5.41) is 8.47. The molecule has 0 aliphatic carbocycles. The van der Waals surface area contributed by atoms with Gasteiger partial charge >= 0.3 is 0 Å². The van der Waals surface area contributed by atoms with Gasteiger partial charge in [-0.2, -0.15) is 0 Å². The molecular formula is C15H21ClN4O2. The van der Waals surface area contributed by atoms with E-state index in [0.29, 0.717) is 16.1 Å². The Morgan fingerprint density at radius 1 is 1.23 bits per heavy atom. The summed E-state index contributed by atoms with van der Waals surface area (Å²) in [6.45, 7) is 9.63. The zero-order valence-corrected chi connectivity index (χ0v) is 14.2. The molecule has 2 rings (SSSR count). The highest BCUT2D eigenvalue weighted by Gasteiger charge is 2.27. The summed E-state index contributed by atoms with van der Waals surface area (Å²) < 4.78 is 0. The van der Waals surface area contributed by atoms with Gasteiger partial charge in [-0.05, 0) is 58.0 Å².